The van der Waals surface area contributed by atoms with Gasteiger partial charge in [0.05, 0.1) is 20.3 Å². The van der Waals surface area contributed by atoms with E-state index in [0.29, 0.717) is 37.3 Å². The van der Waals surface area contributed by atoms with Crippen LogP contribution in [0.4, 0.5) is 4.79 Å². The molecule has 2 aliphatic rings. The molecule has 1 fully saturated rings. The van der Waals surface area contributed by atoms with Crippen molar-refractivity contribution >= 4 is 12.1 Å². The third kappa shape index (κ3) is 3.92. The number of carbonyl (C=O) groups excluding carboxylic acids is 2. The van der Waals surface area contributed by atoms with Gasteiger partial charge in [0.15, 0.2) is 11.5 Å². The summed E-state index contributed by atoms with van der Waals surface area (Å²) in [5.41, 5.74) is 2.86. The summed E-state index contributed by atoms with van der Waals surface area (Å²) in [5.74, 6) is 0.966. The van der Waals surface area contributed by atoms with Gasteiger partial charge in [-0.05, 0) is 41.7 Å². The van der Waals surface area contributed by atoms with Crippen LogP contribution in [-0.4, -0.2) is 43.8 Å². The summed E-state index contributed by atoms with van der Waals surface area (Å²) in [6.45, 7) is 0.654. The van der Waals surface area contributed by atoms with Gasteiger partial charge in [-0.15, -0.1) is 0 Å². The highest BCUT2D eigenvalue weighted by Crippen LogP contribution is 2.42. The summed E-state index contributed by atoms with van der Waals surface area (Å²) in [6, 6.07) is 12.9. The minimum absolute atomic E-state index is 0.187. The second-order valence-electron chi connectivity index (χ2n) is 7.40. The first-order valence-electron chi connectivity index (χ1n) is 10.0. The van der Waals surface area contributed by atoms with Crippen LogP contribution in [0, 0.1) is 0 Å². The zero-order chi connectivity index (χ0) is 21.1. The minimum atomic E-state index is -0.428. The first-order chi connectivity index (χ1) is 14.6. The number of hydrogen-bond donors (Lipinski definition) is 0. The van der Waals surface area contributed by atoms with E-state index in [-0.39, 0.29) is 12.6 Å². The summed E-state index contributed by atoms with van der Waals surface area (Å²) >= 11 is 0. The molecule has 1 amide bonds. The molecule has 7 nitrogen and oxygen atoms in total. The summed E-state index contributed by atoms with van der Waals surface area (Å²) in [5, 5.41) is 0. The molecule has 2 atom stereocenters. The number of esters is 1. The fraction of sp³-hybridized carbons (Fsp3) is 0.391. The lowest BCUT2D eigenvalue weighted by Crippen LogP contribution is -2.45. The van der Waals surface area contributed by atoms with Crippen molar-refractivity contribution in [2.75, 3.05) is 20.8 Å². The third-order valence-electron chi connectivity index (χ3n) is 5.63. The van der Waals surface area contributed by atoms with E-state index in [1.807, 2.05) is 42.5 Å². The van der Waals surface area contributed by atoms with Crippen LogP contribution < -0.4 is 9.47 Å². The SMILES string of the molecule is COc1cc2c(cc1OC)[C@H]([C@H]1CCC(=O)O1)N(C(=O)OCc1ccccc1)CC2. The Labute approximate surface area is 175 Å². The number of ether oxygens (including phenoxy) is 4. The van der Waals surface area contributed by atoms with E-state index in [1.165, 1.54) is 0 Å². The third-order valence-corrected chi connectivity index (χ3v) is 5.63. The molecule has 2 aromatic rings. The largest absolute Gasteiger partial charge is 0.493 e. The van der Waals surface area contributed by atoms with E-state index in [1.54, 1.807) is 19.1 Å². The predicted octanol–water partition coefficient (Wildman–Crippen LogP) is 3.65. The molecule has 1 saturated heterocycles. The van der Waals surface area contributed by atoms with E-state index < -0.39 is 18.2 Å². The second-order valence-corrected chi connectivity index (χ2v) is 7.40. The molecular formula is C23H25NO6. The van der Waals surface area contributed by atoms with Crippen LogP contribution in [0.25, 0.3) is 0 Å². The number of nitrogens with zero attached hydrogens (tertiary/aromatic N) is 1. The lowest BCUT2D eigenvalue weighted by atomic mass is 9.88. The molecule has 0 aliphatic carbocycles. The smallest absolute Gasteiger partial charge is 0.410 e. The molecule has 4 rings (SSSR count). The molecule has 30 heavy (non-hydrogen) atoms. The van der Waals surface area contributed by atoms with Crippen LogP contribution in [0.3, 0.4) is 0 Å². The zero-order valence-electron chi connectivity index (χ0n) is 17.1. The van der Waals surface area contributed by atoms with Crippen LogP contribution >= 0.6 is 0 Å². The van der Waals surface area contributed by atoms with Gasteiger partial charge in [-0.1, -0.05) is 30.3 Å². The Bertz CT molecular complexity index is 929. The minimum Gasteiger partial charge on any atom is -0.493 e. The highest BCUT2D eigenvalue weighted by atomic mass is 16.6. The number of carbonyl (C=O) groups is 2. The van der Waals surface area contributed by atoms with Gasteiger partial charge in [-0.2, -0.15) is 0 Å². The van der Waals surface area contributed by atoms with Crippen LogP contribution in [-0.2, 0) is 27.3 Å². The highest BCUT2D eigenvalue weighted by Gasteiger charge is 2.42. The topological polar surface area (TPSA) is 74.3 Å². The van der Waals surface area contributed by atoms with Gasteiger partial charge < -0.3 is 18.9 Å². The summed E-state index contributed by atoms with van der Waals surface area (Å²) in [4.78, 5) is 26.5. The van der Waals surface area contributed by atoms with Crippen molar-refractivity contribution in [2.45, 2.75) is 38.0 Å². The van der Waals surface area contributed by atoms with Crippen molar-refractivity contribution in [3.63, 3.8) is 0 Å². The fourth-order valence-corrected chi connectivity index (χ4v) is 4.15. The standard InChI is InChI=1S/C23H25NO6/c1-27-19-12-16-10-11-24(23(26)29-14-15-6-4-3-5-7-15)22(17(16)13-20(19)28-2)18-8-9-21(25)30-18/h3-7,12-13,18,22H,8-11,14H2,1-2H3/t18-,22-/m1/s1. The highest BCUT2D eigenvalue weighted by molar-refractivity contribution is 5.73. The van der Waals surface area contributed by atoms with Crippen molar-refractivity contribution in [1.29, 1.82) is 0 Å². The van der Waals surface area contributed by atoms with Gasteiger partial charge >= 0.3 is 12.1 Å². The number of hydrogen-bond acceptors (Lipinski definition) is 6. The number of methoxy groups -OCH3 is 2. The molecule has 7 heteroatoms. The number of fused-ring (bicyclic) bond motifs is 1. The van der Waals surface area contributed by atoms with Gasteiger partial charge in [-0.25, -0.2) is 4.79 Å². The summed E-state index contributed by atoms with van der Waals surface area (Å²) in [7, 11) is 3.17. The molecule has 0 N–H and O–H groups in total. The molecule has 2 aliphatic heterocycles. The van der Waals surface area contributed by atoms with E-state index in [0.717, 1.165) is 16.7 Å². The van der Waals surface area contributed by atoms with Crippen LogP contribution in [0.5, 0.6) is 11.5 Å². The number of amides is 1. The number of rotatable bonds is 5. The van der Waals surface area contributed by atoms with Crippen LogP contribution in [0.1, 0.15) is 35.6 Å². The molecule has 0 radical (unpaired) electrons. The Kier molecular flexibility index (Phi) is 5.79. The Hall–Kier alpha value is -3.22. The van der Waals surface area contributed by atoms with Crippen molar-refractivity contribution in [1.82, 2.24) is 4.90 Å². The molecule has 0 spiro atoms. The molecule has 158 valence electrons. The molecule has 0 bridgehead atoms. The average Bonchev–Trinajstić information content (AvgIpc) is 3.22. The monoisotopic (exact) mass is 411 g/mol. The maximum atomic E-state index is 13.0. The van der Waals surface area contributed by atoms with Crippen LogP contribution in [0.15, 0.2) is 42.5 Å². The van der Waals surface area contributed by atoms with Crippen molar-refractivity contribution in [3.8, 4) is 11.5 Å². The fourth-order valence-electron chi connectivity index (χ4n) is 4.15. The zero-order valence-corrected chi connectivity index (χ0v) is 17.1. The Balaban J connectivity index is 1.63. The van der Waals surface area contributed by atoms with E-state index in [9.17, 15) is 9.59 Å². The van der Waals surface area contributed by atoms with Crippen molar-refractivity contribution in [2.24, 2.45) is 0 Å². The molecule has 0 aromatic heterocycles. The summed E-state index contributed by atoms with van der Waals surface area (Å²) < 4.78 is 22.1. The van der Waals surface area contributed by atoms with Crippen LogP contribution in [0.2, 0.25) is 0 Å². The molecule has 2 aromatic carbocycles. The molecular weight excluding hydrogens is 386 g/mol. The Morgan fingerprint density at radius 2 is 1.83 bits per heavy atom. The van der Waals surface area contributed by atoms with E-state index in [2.05, 4.69) is 0 Å². The average molecular weight is 411 g/mol. The lowest BCUT2D eigenvalue weighted by molar-refractivity contribution is -0.143. The Morgan fingerprint density at radius 3 is 2.50 bits per heavy atom. The Morgan fingerprint density at radius 1 is 1.10 bits per heavy atom. The van der Waals surface area contributed by atoms with Crippen molar-refractivity contribution < 1.29 is 28.5 Å². The van der Waals surface area contributed by atoms with E-state index >= 15 is 0 Å². The molecule has 2 heterocycles. The maximum Gasteiger partial charge on any atom is 0.410 e. The predicted molar refractivity (Wildman–Crippen MR) is 108 cm³/mol. The maximum absolute atomic E-state index is 13.0. The van der Waals surface area contributed by atoms with Crippen molar-refractivity contribution in [3.05, 3.63) is 59.2 Å². The first-order valence-corrected chi connectivity index (χ1v) is 10.0. The van der Waals surface area contributed by atoms with Gasteiger partial charge in [0.25, 0.3) is 0 Å². The van der Waals surface area contributed by atoms with Gasteiger partial charge in [0, 0.05) is 13.0 Å². The lowest BCUT2D eigenvalue weighted by Gasteiger charge is -2.39. The second kappa shape index (κ2) is 8.65. The first kappa shape index (κ1) is 20.1. The van der Waals surface area contributed by atoms with Gasteiger partial charge in [-0.3, -0.25) is 9.69 Å². The normalized spacial score (nSPS) is 20.3. The van der Waals surface area contributed by atoms with E-state index in [4.69, 9.17) is 18.9 Å². The summed E-state index contributed by atoms with van der Waals surface area (Å²) in [6.07, 6.45) is 0.704. The molecule has 0 saturated carbocycles. The quantitative estimate of drug-likeness (QED) is 0.700. The van der Waals surface area contributed by atoms with Gasteiger partial charge in [0.1, 0.15) is 12.7 Å². The molecule has 0 unspecified atom stereocenters. The number of cyclic esters (lactones) is 1. The number of benzene rings is 2. The van der Waals surface area contributed by atoms with Gasteiger partial charge in [0.2, 0.25) is 0 Å².